The number of nitrogens with zero attached hydrogens (tertiary/aromatic N) is 3. The zero-order chi connectivity index (χ0) is 18.8. The molecule has 0 aliphatic rings. The predicted octanol–water partition coefficient (Wildman–Crippen LogP) is 4.30. The number of fused-ring (bicyclic) bond motifs is 1. The maximum absolute atomic E-state index is 12.1. The third-order valence-corrected chi connectivity index (χ3v) is 4.95. The van der Waals surface area contributed by atoms with Crippen molar-refractivity contribution in [3.8, 4) is 0 Å². The molecule has 0 saturated heterocycles. The molecule has 5 nitrogen and oxygen atoms in total. The monoisotopic (exact) mass is 369 g/mol. The molecule has 0 aliphatic carbocycles. The highest BCUT2D eigenvalue weighted by molar-refractivity contribution is 6.32. The van der Waals surface area contributed by atoms with Crippen molar-refractivity contribution < 1.29 is 9.53 Å². The highest BCUT2D eigenvalue weighted by Crippen LogP contribution is 2.27. The number of ether oxygens (including phenoxy) is 1. The number of carbonyl (C=O) groups excluding carboxylic acids is 1. The van der Waals surface area contributed by atoms with Gasteiger partial charge in [-0.3, -0.25) is 4.68 Å². The van der Waals surface area contributed by atoms with Gasteiger partial charge in [-0.2, -0.15) is 5.10 Å². The third-order valence-electron chi connectivity index (χ3n) is 4.45. The molecular weight excluding hydrogens is 350 g/mol. The number of aryl methyl sites for hydroxylation is 3. The van der Waals surface area contributed by atoms with E-state index in [1.54, 1.807) is 10.8 Å². The number of para-hydroxylation sites is 1. The number of hydrogen-bond donors (Lipinski definition) is 0. The van der Waals surface area contributed by atoms with Gasteiger partial charge in [-0.25, -0.2) is 9.78 Å². The molecule has 2 aromatic heterocycles. The summed E-state index contributed by atoms with van der Waals surface area (Å²) in [5.41, 5.74) is 5.09. The summed E-state index contributed by atoms with van der Waals surface area (Å²) in [6, 6.07) is 7.75. The van der Waals surface area contributed by atoms with Gasteiger partial charge in [0.1, 0.15) is 6.61 Å². The highest BCUT2D eigenvalue weighted by Gasteiger charge is 2.12. The van der Waals surface area contributed by atoms with Crippen molar-refractivity contribution in [3.05, 3.63) is 63.6 Å². The number of hydrogen-bond acceptors (Lipinski definition) is 4. The Hall–Kier alpha value is -2.66. The molecule has 0 fully saturated rings. The van der Waals surface area contributed by atoms with E-state index in [-0.39, 0.29) is 6.61 Å². The SMILES string of the molecule is Cc1nn(C)c(C)c1/C=C\C(=O)OCc1nc2ccccc2c(C)c1Cl. The Morgan fingerprint density at radius 3 is 2.69 bits per heavy atom. The summed E-state index contributed by atoms with van der Waals surface area (Å²) in [7, 11) is 1.87. The molecule has 26 heavy (non-hydrogen) atoms. The highest BCUT2D eigenvalue weighted by atomic mass is 35.5. The van der Waals surface area contributed by atoms with E-state index >= 15 is 0 Å². The van der Waals surface area contributed by atoms with Crippen LogP contribution in [0.3, 0.4) is 0 Å². The average molecular weight is 370 g/mol. The van der Waals surface area contributed by atoms with Crippen LogP contribution in [0.15, 0.2) is 30.3 Å². The largest absolute Gasteiger partial charge is 0.456 e. The summed E-state index contributed by atoms with van der Waals surface area (Å²) in [4.78, 5) is 16.6. The quantitative estimate of drug-likeness (QED) is 0.508. The van der Waals surface area contributed by atoms with Crippen LogP contribution in [0.25, 0.3) is 17.0 Å². The Bertz CT molecular complexity index is 1020. The first-order valence-electron chi connectivity index (χ1n) is 8.27. The minimum absolute atomic E-state index is 0.0265. The van der Waals surface area contributed by atoms with Crippen LogP contribution < -0.4 is 0 Å². The Balaban J connectivity index is 1.75. The molecule has 1 aromatic carbocycles. The van der Waals surface area contributed by atoms with Crippen molar-refractivity contribution in [2.45, 2.75) is 27.4 Å². The molecule has 0 aliphatic heterocycles. The minimum Gasteiger partial charge on any atom is -0.456 e. The first-order valence-corrected chi connectivity index (χ1v) is 8.65. The summed E-state index contributed by atoms with van der Waals surface area (Å²) >= 11 is 6.39. The van der Waals surface area contributed by atoms with E-state index in [0.717, 1.165) is 33.4 Å². The van der Waals surface area contributed by atoms with Gasteiger partial charge in [0.05, 0.1) is 21.9 Å². The van der Waals surface area contributed by atoms with Crippen molar-refractivity contribution in [1.82, 2.24) is 14.8 Å². The fourth-order valence-electron chi connectivity index (χ4n) is 2.88. The molecule has 0 spiro atoms. The normalized spacial score (nSPS) is 11.4. The number of carbonyl (C=O) groups is 1. The van der Waals surface area contributed by atoms with Gasteiger partial charge < -0.3 is 4.74 Å². The lowest BCUT2D eigenvalue weighted by atomic mass is 10.1. The molecule has 0 amide bonds. The minimum atomic E-state index is -0.448. The first kappa shape index (κ1) is 18.1. The maximum atomic E-state index is 12.1. The molecule has 0 bridgehead atoms. The van der Waals surface area contributed by atoms with Gasteiger partial charge in [0.2, 0.25) is 0 Å². The van der Waals surface area contributed by atoms with E-state index in [9.17, 15) is 4.79 Å². The maximum Gasteiger partial charge on any atom is 0.331 e. The molecule has 0 atom stereocenters. The van der Waals surface area contributed by atoms with Crippen molar-refractivity contribution in [2.75, 3.05) is 0 Å². The third kappa shape index (κ3) is 3.48. The van der Waals surface area contributed by atoms with Crippen LogP contribution in [0.5, 0.6) is 0 Å². The summed E-state index contributed by atoms with van der Waals surface area (Å²) in [6.45, 7) is 5.82. The molecule has 2 heterocycles. The summed E-state index contributed by atoms with van der Waals surface area (Å²) < 4.78 is 7.10. The van der Waals surface area contributed by atoms with Crippen LogP contribution in [0.4, 0.5) is 0 Å². The topological polar surface area (TPSA) is 57.0 Å². The first-order chi connectivity index (χ1) is 12.4. The fourth-order valence-corrected chi connectivity index (χ4v) is 3.08. The van der Waals surface area contributed by atoms with Crippen molar-refractivity contribution >= 4 is 34.5 Å². The summed E-state index contributed by atoms with van der Waals surface area (Å²) in [5, 5.41) is 5.84. The Kier molecular flexibility index (Phi) is 5.09. The predicted molar refractivity (Wildman–Crippen MR) is 103 cm³/mol. The second-order valence-electron chi connectivity index (χ2n) is 6.16. The number of esters is 1. The molecule has 0 N–H and O–H groups in total. The van der Waals surface area contributed by atoms with Crippen LogP contribution in [0.2, 0.25) is 5.02 Å². The Morgan fingerprint density at radius 1 is 1.27 bits per heavy atom. The molecule has 134 valence electrons. The number of pyridine rings is 1. The van der Waals surface area contributed by atoms with Gasteiger partial charge in [-0.1, -0.05) is 29.8 Å². The summed E-state index contributed by atoms with van der Waals surface area (Å²) in [5.74, 6) is -0.448. The van der Waals surface area contributed by atoms with Crippen LogP contribution in [0.1, 0.15) is 28.2 Å². The van der Waals surface area contributed by atoms with Gasteiger partial charge in [-0.05, 0) is 38.5 Å². The van der Waals surface area contributed by atoms with Crippen LogP contribution in [-0.2, 0) is 23.2 Å². The number of rotatable bonds is 4. The standard InChI is InChI=1S/C20H20ClN3O2/c1-12-15-7-5-6-8-17(15)22-18(20(12)21)11-26-19(25)10-9-16-13(2)23-24(4)14(16)3/h5-10H,11H2,1-4H3/b10-9-. The van der Waals surface area contributed by atoms with E-state index < -0.39 is 5.97 Å². The van der Waals surface area contributed by atoms with E-state index in [2.05, 4.69) is 10.1 Å². The van der Waals surface area contributed by atoms with Crippen molar-refractivity contribution in [3.63, 3.8) is 0 Å². The average Bonchev–Trinajstić information content (AvgIpc) is 2.87. The smallest absolute Gasteiger partial charge is 0.331 e. The van der Waals surface area contributed by atoms with Gasteiger partial charge in [0, 0.05) is 29.8 Å². The molecule has 6 heteroatoms. The van der Waals surface area contributed by atoms with Gasteiger partial charge in [-0.15, -0.1) is 0 Å². The van der Waals surface area contributed by atoms with Gasteiger partial charge in [0.25, 0.3) is 0 Å². The van der Waals surface area contributed by atoms with Gasteiger partial charge >= 0.3 is 5.97 Å². The van der Waals surface area contributed by atoms with Crippen molar-refractivity contribution in [2.24, 2.45) is 7.05 Å². The lowest BCUT2D eigenvalue weighted by Gasteiger charge is -2.10. The molecule has 0 radical (unpaired) electrons. The van der Waals surface area contributed by atoms with Crippen molar-refractivity contribution in [1.29, 1.82) is 0 Å². The number of halogens is 1. The van der Waals surface area contributed by atoms with Crippen LogP contribution in [-0.4, -0.2) is 20.7 Å². The molecule has 3 rings (SSSR count). The lowest BCUT2D eigenvalue weighted by Crippen LogP contribution is -2.04. The Labute approximate surface area is 157 Å². The van der Waals surface area contributed by atoms with Crippen LogP contribution >= 0.6 is 11.6 Å². The zero-order valence-corrected chi connectivity index (χ0v) is 16.0. The number of benzene rings is 1. The van der Waals surface area contributed by atoms with E-state index in [4.69, 9.17) is 16.3 Å². The molecule has 0 unspecified atom stereocenters. The second-order valence-corrected chi connectivity index (χ2v) is 6.54. The molecular formula is C20H20ClN3O2. The van der Waals surface area contributed by atoms with E-state index in [1.807, 2.05) is 52.1 Å². The zero-order valence-electron chi connectivity index (χ0n) is 15.2. The lowest BCUT2D eigenvalue weighted by molar-refractivity contribution is -0.139. The van der Waals surface area contributed by atoms with Crippen LogP contribution in [0, 0.1) is 20.8 Å². The van der Waals surface area contributed by atoms with E-state index in [1.165, 1.54) is 6.08 Å². The molecule has 3 aromatic rings. The Morgan fingerprint density at radius 2 is 2.00 bits per heavy atom. The fraction of sp³-hybridized carbons (Fsp3) is 0.250. The molecule has 0 saturated carbocycles. The number of aromatic nitrogens is 3. The second kappa shape index (κ2) is 7.30. The van der Waals surface area contributed by atoms with E-state index in [0.29, 0.717) is 10.7 Å². The summed E-state index contributed by atoms with van der Waals surface area (Å²) in [6.07, 6.45) is 3.12. The van der Waals surface area contributed by atoms with Gasteiger partial charge in [0.15, 0.2) is 0 Å².